The summed E-state index contributed by atoms with van der Waals surface area (Å²) in [6, 6.07) is 0. The van der Waals surface area contributed by atoms with Crippen LogP contribution in [0.3, 0.4) is 0 Å². The third-order valence-electron chi connectivity index (χ3n) is 1.72. The summed E-state index contributed by atoms with van der Waals surface area (Å²) >= 11 is 0. The SMILES string of the molecule is CNC(=O)C1(O)OCCC1O. The summed E-state index contributed by atoms with van der Waals surface area (Å²) in [7, 11) is 1.37. The molecule has 1 amide bonds. The number of carbonyl (C=O) groups is 1. The fraction of sp³-hybridized carbons (Fsp3) is 0.833. The molecule has 0 aromatic carbocycles. The maximum absolute atomic E-state index is 10.9. The Hall–Kier alpha value is -0.650. The summed E-state index contributed by atoms with van der Waals surface area (Å²) in [5.41, 5.74) is 0. The summed E-state index contributed by atoms with van der Waals surface area (Å²) in [6.07, 6.45) is -0.841. The zero-order valence-corrected chi connectivity index (χ0v) is 6.20. The Labute approximate surface area is 64.0 Å². The molecule has 1 aliphatic rings. The molecule has 5 nitrogen and oxygen atoms in total. The molecule has 0 aromatic heterocycles. The number of likely N-dealkylation sites (N-methyl/N-ethyl adjacent to an activating group) is 1. The van der Waals surface area contributed by atoms with Crippen LogP contribution >= 0.6 is 0 Å². The van der Waals surface area contributed by atoms with Crippen LogP contribution in [0.2, 0.25) is 0 Å². The number of ether oxygens (including phenoxy) is 1. The van der Waals surface area contributed by atoms with Gasteiger partial charge in [0, 0.05) is 13.5 Å². The molecule has 5 heteroatoms. The second-order valence-corrected chi connectivity index (χ2v) is 2.43. The lowest BCUT2D eigenvalue weighted by atomic mass is 10.1. The van der Waals surface area contributed by atoms with Crippen LogP contribution in [0.25, 0.3) is 0 Å². The standard InChI is InChI=1S/C6H11NO4/c1-7-5(9)6(10)4(8)2-3-11-6/h4,8,10H,2-3H2,1H3,(H,7,9). The molecule has 3 N–H and O–H groups in total. The van der Waals surface area contributed by atoms with Crippen molar-refractivity contribution in [1.82, 2.24) is 5.32 Å². The van der Waals surface area contributed by atoms with Gasteiger partial charge in [0.05, 0.1) is 6.61 Å². The lowest BCUT2D eigenvalue weighted by Gasteiger charge is -2.22. The van der Waals surface area contributed by atoms with Crippen LogP contribution in [0.5, 0.6) is 0 Å². The molecule has 1 aliphatic heterocycles. The fourth-order valence-corrected chi connectivity index (χ4v) is 1.01. The van der Waals surface area contributed by atoms with E-state index >= 15 is 0 Å². The molecule has 0 bridgehead atoms. The highest BCUT2D eigenvalue weighted by Crippen LogP contribution is 2.23. The van der Waals surface area contributed by atoms with Crippen LogP contribution in [0.4, 0.5) is 0 Å². The molecule has 1 saturated heterocycles. The van der Waals surface area contributed by atoms with Gasteiger partial charge in [0.1, 0.15) is 6.10 Å². The van der Waals surface area contributed by atoms with Crippen molar-refractivity contribution in [2.75, 3.05) is 13.7 Å². The molecular formula is C6H11NO4. The predicted molar refractivity (Wildman–Crippen MR) is 35.6 cm³/mol. The second-order valence-electron chi connectivity index (χ2n) is 2.43. The lowest BCUT2D eigenvalue weighted by molar-refractivity contribution is -0.212. The first kappa shape index (κ1) is 8.45. The first-order valence-electron chi connectivity index (χ1n) is 3.38. The van der Waals surface area contributed by atoms with Gasteiger partial charge in [0.2, 0.25) is 0 Å². The zero-order chi connectivity index (χ0) is 8.48. The molecular weight excluding hydrogens is 150 g/mol. The van der Waals surface area contributed by atoms with E-state index in [1.165, 1.54) is 7.05 Å². The molecule has 2 unspecified atom stereocenters. The van der Waals surface area contributed by atoms with E-state index in [0.717, 1.165) is 0 Å². The molecule has 64 valence electrons. The molecule has 0 saturated carbocycles. The number of rotatable bonds is 1. The van der Waals surface area contributed by atoms with E-state index < -0.39 is 17.8 Å². The number of amides is 1. The van der Waals surface area contributed by atoms with Crippen LogP contribution in [0, 0.1) is 0 Å². The van der Waals surface area contributed by atoms with Gasteiger partial charge in [-0.05, 0) is 0 Å². The van der Waals surface area contributed by atoms with Gasteiger partial charge in [-0.1, -0.05) is 0 Å². The van der Waals surface area contributed by atoms with E-state index in [1.54, 1.807) is 0 Å². The molecule has 0 radical (unpaired) electrons. The quantitative estimate of drug-likeness (QED) is 0.424. The average Bonchev–Trinajstić information content (AvgIpc) is 2.32. The van der Waals surface area contributed by atoms with Crippen molar-refractivity contribution in [3.05, 3.63) is 0 Å². The maximum atomic E-state index is 10.9. The minimum Gasteiger partial charge on any atom is -0.387 e. The van der Waals surface area contributed by atoms with Gasteiger partial charge in [-0.3, -0.25) is 4.79 Å². The number of aliphatic hydroxyl groups excluding tert-OH is 1. The minimum absolute atomic E-state index is 0.199. The Balaban J connectivity index is 2.72. The van der Waals surface area contributed by atoms with Gasteiger partial charge in [0.15, 0.2) is 0 Å². The van der Waals surface area contributed by atoms with E-state index in [-0.39, 0.29) is 13.0 Å². The zero-order valence-electron chi connectivity index (χ0n) is 6.20. The van der Waals surface area contributed by atoms with Crippen LogP contribution in [0.1, 0.15) is 6.42 Å². The van der Waals surface area contributed by atoms with Crippen molar-refractivity contribution >= 4 is 5.91 Å². The van der Waals surface area contributed by atoms with Gasteiger partial charge < -0.3 is 20.3 Å². The van der Waals surface area contributed by atoms with Crippen LogP contribution < -0.4 is 5.32 Å². The van der Waals surface area contributed by atoms with Crippen molar-refractivity contribution < 1.29 is 19.7 Å². The number of hydrogen-bond donors (Lipinski definition) is 3. The Bertz CT molecular complexity index is 172. The van der Waals surface area contributed by atoms with Crippen molar-refractivity contribution in [2.24, 2.45) is 0 Å². The summed E-state index contributed by atoms with van der Waals surface area (Å²) in [4.78, 5) is 10.9. The monoisotopic (exact) mass is 161 g/mol. The molecule has 11 heavy (non-hydrogen) atoms. The third kappa shape index (κ3) is 1.22. The van der Waals surface area contributed by atoms with Crippen molar-refractivity contribution in [1.29, 1.82) is 0 Å². The Morgan fingerprint density at radius 1 is 1.82 bits per heavy atom. The molecule has 1 fully saturated rings. The number of carbonyl (C=O) groups excluding carboxylic acids is 1. The molecule has 0 aliphatic carbocycles. The summed E-state index contributed by atoms with van der Waals surface area (Å²) in [5, 5.41) is 20.7. The smallest absolute Gasteiger partial charge is 0.282 e. The van der Waals surface area contributed by atoms with Crippen molar-refractivity contribution in [2.45, 2.75) is 18.3 Å². The Kier molecular flexibility index (Phi) is 2.12. The summed E-state index contributed by atoms with van der Waals surface area (Å²) in [5.74, 6) is -2.74. The van der Waals surface area contributed by atoms with E-state index in [9.17, 15) is 9.90 Å². The van der Waals surface area contributed by atoms with E-state index in [4.69, 9.17) is 9.84 Å². The van der Waals surface area contributed by atoms with Crippen LogP contribution in [0.15, 0.2) is 0 Å². The Morgan fingerprint density at radius 2 is 2.45 bits per heavy atom. The summed E-state index contributed by atoms with van der Waals surface area (Å²) < 4.78 is 4.70. The minimum atomic E-state index is -2.03. The molecule has 0 spiro atoms. The van der Waals surface area contributed by atoms with E-state index in [0.29, 0.717) is 0 Å². The third-order valence-corrected chi connectivity index (χ3v) is 1.72. The van der Waals surface area contributed by atoms with E-state index in [1.807, 2.05) is 0 Å². The van der Waals surface area contributed by atoms with Gasteiger partial charge in [-0.15, -0.1) is 0 Å². The van der Waals surface area contributed by atoms with Gasteiger partial charge in [0.25, 0.3) is 11.7 Å². The predicted octanol–water partition coefficient (Wildman–Crippen LogP) is -1.80. The van der Waals surface area contributed by atoms with E-state index in [2.05, 4.69) is 5.32 Å². The van der Waals surface area contributed by atoms with Gasteiger partial charge in [-0.25, -0.2) is 0 Å². The number of hydrogen-bond acceptors (Lipinski definition) is 4. The fourth-order valence-electron chi connectivity index (χ4n) is 1.01. The highest BCUT2D eigenvalue weighted by molar-refractivity contribution is 5.84. The van der Waals surface area contributed by atoms with Crippen LogP contribution in [-0.4, -0.2) is 41.7 Å². The molecule has 1 rings (SSSR count). The Morgan fingerprint density at radius 3 is 2.82 bits per heavy atom. The normalized spacial score (nSPS) is 37.2. The first-order chi connectivity index (χ1) is 5.11. The summed E-state index contributed by atoms with van der Waals surface area (Å²) in [6.45, 7) is 0.199. The van der Waals surface area contributed by atoms with Crippen molar-refractivity contribution in [3.63, 3.8) is 0 Å². The average molecular weight is 161 g/mol. The first-order valence-corrected chi connectivity index (χ1v) is 3.38. The number of aliphatic hydroxyl groups is 2. The van der Waals surface area contributed by atoms with Gasteiger partial charge in [-0.2, -0.15) is 0 Å². The lowest BCUT2D eigenvalue weighted by Crippen LogP contribution is -2.52. The highest BCUT2D eigenvalue weighted by atomic mass is 16.7. The molecule has 0 aromatic rings. The largest absolute Gasteiger partial charge is 0.387 e. The highest BCUT2D eigenvalue weighted by Gasteiger charge is 2.48. The molecule has 2 atom stereocenters. The maximum Gasteiger partial charge on any atom is 0.282 e. The second kappa shape index (κ2) is 2.77. The van der Waals surface area contributed by atoms with Crippen molar-refractivity contribution in [3.8, 4) is 0 Å². The number of nitrogens with one attached hydrogen (secondary N) is 1. The molecule has 1 heterocycles. The topological polar surface area (TPSA) is 78.8 Å². The van der Waals surface area contributed by atoms with Gasteiger partial charge >= 0.3 is 0 Å². The van der Waals surface area contributed by atoms with Crippen LogP contribution in [-0.2, 0) is 9.53 Å².